The summed E-state index contributed by atoms with van der Waals surface area (Å²) in [6.45, 7) is 7.44. The molecule has 0 radical (unpaired) electrons. The molecule has 0 aliphatic heterocycles. The molecular formula is C25H27Cl2NO3. The van der Waals surface area contributed by atoms with Gasteiger partial charge in [0.05, 0.1) is 17.4 Å². The van der Waals surface area contributed by atoms with Gasteiger partial charge in [-0.1, -0.05) is 81.2 Å². The van der Waals surface area contributed by atoms with Gasteiger partial charge in [-0.3, -0.25) is 4.79 Å². The van der Waals surface area contributed by atoms with E-state index in [2.05, 4.69) is 6.07 Å². The van der Waals surface area contributed by atoms with Gasteiger partial charge < -0.3 is 9.84 Å². The lowest BCUT2D eigenvalue weighted by molar-refractivity contribution is -0.157. The number of carboxylic acids is 1. The number of nitrogens with zero attached hydrogens (tertiary/aromatic N) is 1. The van der Waals surface area contributed by atoms with Gasteiger partial charge >= 0.3 is 5.97 Å². The van der Waals surface area contributed by atoms with Gasteiger partial charge in [-0.25, -0.2) is 0 Å². The Kier molecular flexibility index (Phi) is 8.56. The van der Waals surface area contributed by atoms with Crippen LogP contribution in [0.15, 0.2) is 65.2 Å². The summed E-state index contributed by atoms with van der Waals surface area (Å²) in [5.41, 5.74) is -0.889. The van der Waals surface area contributed by atoms with Crippen LogP contribution >= 0.6 is 23.2 Å². The number of hydrogen-bond donors (Lipinski definition) is 1. The molecule has 0 spiro atoms. The Morgan fingerprint density at radius 3 is 2.16 bits per heavy atom. The second-order valence-electron chi connectivity index (χ2n) is 8.17. The van der Waals surface area contributed by atoms with Gasteiger partial charge in [0.15, 0.2) is 0 Å². The molecule has 0 bridgehead atoms. The number of halogens is 2. The van der Waals surface area contributed by atoms with E-state index in [1.165, 1.54) is 0 Å². The number of carbonyl (C=O) groups is 1. The highest BCUT2D eigenvalue weighted by Crippen LogP contribution is 2.52. The zero-order chi connectivity index (χ0) is 23.2. The minimum absolute atomic E-state index is 0.0113. The maximum atomic E-state index is 12.8. The predicted molar refractivity (Wildman–Crippen MR) is 124 cm³/mol. The highest BCUT2D eigenvalue weighted by atomic mass is 35.5. The highest BCUT2D eigenvalue weighted by molar-refractivity contribution is 6.55. The van der Waals surface area contributed by atoms with Crippen LogP contribution in [0.4, 0.5) is 0 Å². The summed E-state index contributed by atoms with van der Waals surface area (Å²) in [5.74, 6) is -1.92. The van der Waals surface area contributed by atoms with Crippen LogP contribution in [0.25, 0.3) is 0 Å². The molecule has 2 aromatic rings. The smallest absolute Gasteiger partial charge is 0.312 e. The Balaban J connectivity index is 2.65. The number of aliphatic carboxylic acids is 1. The lowest BCUT2D eigenvalue weighted by atomic mass is 9.56. The minimum Gasteiger partial charge on any atom is -0.481 e. The molecule has 0 heterocycles. The first-order chi connectivity index (χ1) is 14.6. The van der Waals surface area contributed by atoms with E-state index in [1.807, 2.05) is 58.0 Å². The first-order valence-electron chi connectivity index (χ1n) is 10.1. The van der Waals surface area contributed by atoms with E-state index < -0.39 is 23.2 Å². The molecule has 1 N–H and O–H groups in total. The van der Waals surface area contributed by atoms with Crippen molar-refractivity contribution >= 4 is 29.2 Å². The molecule has 2 rings (SSSR count). The fraction of sp³-hybridized carbons (Fsp3) is 0.360. The molecule has 0 amide bonds. The van der Waals surface area contributed by atoms with Crippen molar-refractivity contribution < 1.29 is 14.6 Å². The Morgan fingerprint density at radius 1 is 1.06 bits per heavy atom. The van der Waals surface area contributed by atoms with E-state index in [1.54, 1.807) is 30.3 Å². The summed E-state index contributed by atoms with van der Waals surface area (Å²) < 4.78 is 5.90. The molecule has 2 aromatic carbocycles. The zero-order valence-electron chi connectivity index (χ0n) is 18.0. The van der Waals surface area contributed by atoms with Crippen molar-refractivity contribution in [2.24, 2.45) is 23.2 Å². The molecule has 0 saturated carbocycles. The van der Waals surface area contributed by atoms with Crippen LogP contribution in [0.2, 0.25) is 0 Å². The van der Waals surface area contributed by atoms with E-state index in [0.717, 1.165) is 0 Å². The lowest BCUT2D eigenvalue weighted by Crippen LogP contribution is -2.49. The van der Waals surface area contributed by atoms with Gasteiger partial charge in [-0.05, 0) is 53.7 Å². The van der Waals surface area contributed by atoms with Crippen molar-refractivity contribution in [1.82, 2.24) is 0 Å². The molecule has 3 unspecified atom stereocenters. The molecule has 0 saturated heterocycles. The lowest BCUT2D eigenvalue weighted by Gasteiger charge is -2.44. The topological polar surface area (TPSA) is 70.3 Å². The number of hydrogen-bond acceptors (Lipinski definition) is 3. The number of benzene rings is 2. The van der Waals surface area contributed by atoms with Gasteiger partial charge in [0.25, 0.3) is 0 Å². The Hall–Kier alpha value is -2.48. The molecule has 6 heteroatoms. The normalized spacial score (nSPS) is 14.9. The standard InChI is InChI=1S/C25H27Cl2NO3/c1-16(2)21(14-23(26)27)25(17(3)4,24(29)30)22(15-28)18-9-8-12-20(13-18)31-19-10-6-5-7-11-19/h5-14,16-17,21-22H,1-4H3,(H,29,30). The van der Waals surface area contributed by atoms with Crippen molar-refractivity contribution in [3.8, 4) is 17.6 Å². The molecule has 0 aromatic heterocycles. The fourth-order valence-corrected chi connectivity index (χ4v) is 4.55. The molecule has 4 nitrogen and oxygen atoms in total. The van der Waals surface area contributed by atoms with Crippen LogP contribution in [0.3, 0.4) is 0 Å². The van der Waals surface area contributed by atoms with Crippen LogP contribution < -0.4 is 4.74 Å². The van der Waals surface area contributed by atoms with Crippen LogP contribution in [0, 0.1) is 34.5 Å². The van der Waals surface area contributed by atoms with E-state index in [-0.39, 0.29) is 16.3 Å². The molecule has 164 valence electrons. The van der Waals surface area contributed by atoms with Crippen molar-refractivity contribution in [3.05, 3.63) is 70.7 Å². The summed E-state index contributed by atoms with van der Waals surface area (Å²) >= 11 is 11.9. The molecule has 0 aliphatic rings. The van der Waals surface area contributed by atoms with Crippen molar-refractivity contribution in [2.75, 3.05) is 0 Å². The Morgan fingerprint density at radius 2 is 1.68 bits per heavy atom. The number of rotatable bonds is 9. The number of ether oxygens (including phenoxy) is 1. The quantitative estimate of drug-likeness (QED) is 0.423. The molecule has 0 aliphatic carbocycles. The number of para-hydroxylation sites is 1. The van der Waals surface area contributed by atoms with Crippen molar-refractivity contribution in [3.63, 3.8) is 0 Å². The summed E-state index contributed by atoms with van der Waals surface area (Å²) in [4.78, 5) is 12.8. The SMILES string of the molecule is CC(C)C(C=C(Cl)Cl)C(C(=O)O)(C(C)C)C(C#N)c1cccc(Oc2ccccc2)c1. The van der Waals surface area contributed by atoms with Gasteiger partial charge in [-0.15, -0.1) is 0 Å². The van der Waals surface area contributed by atoms with Crippen LogP contribution in [0.5, 0.6) is 11.5 Å². The average molecular weight is 460 g/mol. The second-order valence-corrected chi connectivity index (χ2v) is 9.18. The molecule has 0 fully saturated rings. The van der Waals surface area contributed by atoms with Crippen LogP contribution in [-0.4, -0.2) is 11.1 Å². The fourth-order valence-electron chi connectivity index (χ4n) is 4.28. The Bertz CT molecular complexity index is 962. The zero-order valence-corrected chi connectivity index (χ0v) is 19.6. The first-order valence-corrected chi connectivity index (χ1v) is 10.9. The van der Waals surface area contributed by atoms with Crippen molar-refractivity contribution in [2.45, 2.75) is 33.6 Å². The number of nitriles is 1. The minimum atomic E-state index is -1.46. The maximum absolute atomic E-state index is 12.8. The third-order valence-corrected chi connectivity index (χ3v) is 5.93. The number of allylic oxidation sites excluding steroid dienone is 1. The van der Waals surface area contributed by atoms with E-state index >= 15 is 0 Å². The maximum Gasteiger partial charge on any atom is 0.312 e. The van der Waals surface area contributed by atoms with E-state index in [9.17, 15) is 15.2 Å². The molecular weight excluding hydrogens is 433 g/mol. The first kappa shape index (κ1) is 24.8. The summed E-state index contributed by atoms with van der Waals surface area (Å²) in [7, 11) is 0. The van der Waals surface area contributed by atoms with Gasteiger partial charge in [-0.2, -0.15) is 5.26 Å². The predicted octanol–water partition coefficient (Wildman–Crippen LogP) is 7.40. The summed E-state index contributed by atoms with van der Waals surface area (Å²) in [6, 6.07) is 18.6. The third kappa shape index (κ3) is 5.42. The number of carboxylic acid groups (broad SMARTS) is 1. The molecule has 31 heavy (non-hydrogen) atoms. The third-order valence-electron chi connectivity index (χ3n) is 5.68. The van der Waals surface area contributed by atoms with Gasteiger partial charge in [0, 0.05) is 0 Å². The van der Waals surface area contributed by atoms with E-state index in [4.69, 9.17) is 27.9 Å². The van der Waals surface area contributed by atoms with Gasteiger partial charge in [0.1, 0.15) is 16.0 Å². The highest BCUT2D eigenvalue weighted by Gasteiger charge is 2.55. The van der Waals surface area contributed by atoms with Crippen LogP contribution in [0.1, 0.15) is 39.2 Å². The second kappa shape index (κ2) is 10.7. The average Bonchev–Trinajstić information content (AvgIpc) is 2.70. The monoisotopic (exact) mass is 459 g/mol. The Labute approximate surface area is 194 Å². The summed E-state index contributed by atoms with van der Waals surface area (Å²) in [6.07, 6.45) is 1.55. The van der Waals surface area contributed by atoms with Crippen LogP contribution in [-0.2, 0) is 4.79 Å². The van der Waals surface area contributed by atoms with Crippen molar-refractivity contribution in [1.29, 1.82) is 5.26 Å². The largest absolute Gasteiger partial charge is 0.481 e. The molecule has 3 atom stereocenters. The van der Waals surface area contributed by atoms with Gasteiger partial charge in [0.2, 0.25) is 0 Å². The summed E-state index contributed by atoms with van der Waals surface area (Å²) in [5, 5.41) is 20.7. The van der Waals surface area contributed by atoms with E-state index in [0.29, 0.717) is 17.1 Å².